The minimum atomic E-state index is 0. The van der Waals surface area contributed by atoms with Crippen molar-refractivity contribution in [3.05, 3.63) is 41.6 Å². The number of hydrogen-bond acceptors (Lipinski definition) is 5. The van der Waals surface area contributed by atoms with Crippen LogP contribution in [0.25, 0.3) is 0 Å². The number of rotatable bonds is 6. The fourth-order valence-electron chi connectivity index (χ4n) is 3.76. The van der Waals surface area contributed by atoms with Crippen LogP contribution in [0.3, 0.4) is 0 Å². The van der Waals surface area contributed by atoms with Crippen LogP contribution in [0.4, 0.5) is 11.5 Å². The predicted octanol–water partition coefficient (Wildman–Crippen LogP) is 5.60. The van der Waals surface area contributed by atoms with Crippen molar-refractivity contribution in [3.63, 3.8) is 0 Å². The molecule has 0 radical (unpaired) electrons. The number of hydrogen-bond donors (Lipinski definition) is 0. The van der Waals surface area contributed by atoms with Crippen molar-refractivity contribution in [2.45, 2.75) is 29.1 Å². The summed E-state index contributed by atoms with van der Waals surface area (Å²) in [5.41, 5.74) is 1.19. The second kappa shape index (κ2) is 11.6. The molecule has 0 amide bonds. The fraction of sp³-hybridized carbons (Fsp3) is 0.476. The summed E-state index contributed by atoms with van der Waals surface area (Å²) >= 11 is 8.07. The maximum absolute atomic E-state index is 6.28. The summed E-state index contributed by atoms with van der Waals surface area (Å²) in [6.07, 6.45) is 5.56. The SMILES string of the molecule is CN1CCN(CCCCCN2c3cc(Cl)ccc3Sc3cccnc32)CC1.Cl.Cl. The Hall–Kier alpha value is -0.690. The Morgan fingerprint density at radius 2 is 1.72 bits per heavy atom. The smallest absolute Gasteiger partial charge is 0.147 e. The monoisotopic (exact) mass is 474 g/mol. The molecule has 2 aliphatic rings. The van der Waals surface area contributed by atoms with Crippen LogP contribution < -0.4 is 4.90 Å². The molecule has 29 heavy (non-hydrogen) atoms. The molecule has 0 aliphatic carbocycles. The lowest BCUT2D eigenvalue weighted by atomic mass is 10.2. The average molecular weight is 476 g/mol. The van der Waals surface area contributed by atoms with Gasteiger partial charge in [0.25, 0.3) is 0 Å². The number of nitrogens with zero attached hydrogens (tertiary/aromatic N) is 4. The van der Waals surface area contributed by atoms with Crippen LogP contribution in [-0.2, 0) is 0 Å². The van der Waals surface area contributed by atoms with E-state index in [1.807, 2.05) is 18.3 Å². The molecular formula is C21H29Cl3N4S. The van der Waals surface area contributed by atoms with Gasteiger partial charge in [0, 0.05) is 48.8 Å². The van der Waals surface area contributed by atoms with E-state index in [2.05, 4.69) is 44.9 Å². The summed E-state index contributed by atoms with van der Waals surface area (Å²) in [5, 5.41) is 0.786. The van der Waals surface area contributed by atoms with Gasteiger partial charge in [-0.2, -0.15) is 0 Å². The van der Waals surface area contributed by atoms with Gasteiger partial charge in [-0.15, -0.1) is 24.8 Å². The van der Waals surface area contributed by atoms with E-state index < -0.39 is 0 Å². The molecule has 0 bridgehead atoms. The van der Waals surface area contributed by atoms with Crippen LogP contribution in [0.2, 0.25) is 5.02 Å². The number of benzene rings is 1. The Labute approximate surface area is 195 Å². The third-order valence-corrected chi connectivity index (χ3v) is 6.73. The minimum Gasteiger partial charge on any atom is -0.324 e. The van der Waals surface area contributed by atoms with E-state index >= 15 is 0 Å². The third-order valence-electron chi connectivity index (χ3n) is 5.39. The van der Waals surface area contributed by atoms with Gasteiger partial charge in [0.05, 0.1) is 10.6 Å². The van der Waals surface area contributed by atoms with E-state index in [1.165, 1.54) is 67.5 Å². The highest BCUT2D eigenvalue weighted by atomic mass is 35.5. The van der Waals surface area contributed by atoms with Gasteiger partial charge in [-0.3, -0.25) is 0 Å². The molecule has 3 heterocycles. The molecule has 1 aromatic heterocycles. The summed E-state index contributed by atoms with van der Waals surface area (Å²) in [4.78, 5) is 14.5. The van der Waals surface area contributed by atoms with Crippen molar-refractivity contribution in [1.82, 2.24) is 14.8 Å². The Bertz CT molecular complexity index is 784. The Balaban J connectivity index is 0.00000150. The number of halogens is 3. The van der Waals surface area contributed by atoms with Crippen LogP contribution in [0.1, 0.15) is 19.3 Å². The molecule has 1 aromatic carbocycles. The average Bonchev–Trinajstić information content (AvgIpc) is 2.69. The fourth-order valence-corrected chi connectivity index (χ4v) is 4.98. The van der Waals surface area contributed by atoms with E-state index in [9.17, 15) is 0 Å². The lowest BCUT2D eigenvalue weighted by Crippen LogP contribution is -2.44. The highest BCUT2D eigenvalue weighted by Crippen LogP contribution is 2.47. The first-order valence-electron chi connectivity index (χ1n) is 9.81. The van der Waals surface area contributed by atoms with Gasteiger partial charge in [-0.05, 0) is 56.8 Å². The van der Waals surface area contributed by atoms with Crippen molar-refractivity contribution in [3.8, 4) is 0 Å². The summed E-state index contributed by atoms with van der Waals surface area (Å²) < 4.78 is 0. The second-order valence-electron chi connectivity index (χ2n) is 7.40. The van der Waals surface area contributed by atoms with Crippen molar-refractivity contribution < 1.29 is 0 Å². The van der Waals surface area contributed by atoms with E-state index in [0.717, 1.165) is 17.4 Å². The van der Waals surface area contributed by atoms with E-state index in [1.54, 1.807) is 11.8 Å². The summed E-state index contributed by atoms with van der Waals surface area (Å²) in [5.74, 6) is 1.07. The number of piperazine rings is 1. The zero-order valence-electron chi connectivity index (χ0n) is 16.7. The van der Waals surface area contributed by atoms with Crippen molar-refractivity contribution in [1.29, 1.82) is 0 Å². The highest BCUT2D eigenvalue weighted by molar-refractivity contribution is 7.99. The molecule has 4 rings (SSSR count). The molecule has 1 fully saturated rings. The molecule has 2 aromatic rings. The van der Waals surface area contributed by atoms with E-state index in [-0.39, 0.29) is 24.8 Å². The topological polar surface area (TPSA) is 22.6 Å². The number of anilines is 2. The van der Waals surface area contributed by atoms with Crippen molar-refractivity contribution >= 4 is 59.7 Å². The van der Waals surface area contributed by atoms with Crippen LogP contribution in [0.5, 0.6) is 0 Å². The molecule has 2 aliphatic heterocycles. The van der Waals surface area contributed by atoms with Crippen LogP contribution >= 0.6 is 48.2 Å². The number of likely N-dealkylation sites (N-methyl/N-ethyl adjacent to an activating group) is 1. The van der Waals surface area contributed by atoms with Gasteiger partial charge in [0.1, 0.15) is 5.82 Å². The summed E-state index contributed by atoms with van der Waals surface area (Å²) in [6, 6.07) is 10.3. The quantitative estimate of drug-likeness (QED) is 0.506. The van der Waals surface area contributed by atoms with Gasteiger partial charge in [-0.1, -0.05) is 29.8 Å². The van der Waals surface area contributed by atoms with E-state index in [0.29, 0.717) is 0 Å². The first kappa shape index (κ1) is 24.6. The molecule has 4 nitrogen and oxygen atoms in total. The number of fused-ring (bicyclic) bond motifs is 2. The first-order valence-corrected chi connectivity index (χ1v) is 11.0. The maximum atomic E-state index is 6.28. The largest absolute Gasteiger partial charge is 0.324 e. The molecule has 0 spiro atoms. The van der Waals surface area contributed by atoms with Gasteiger partial charge in [0.15, 0.2) is 0 Å². The predicted molar refractivity (Wildman–Crippen MR) is 129 cm³/mol. The van der Waals surface area contributed by atoms with Crippen LogP contribution in [0.15, 0.2) is 46.3 Å². The van der Waals surface area contributed by atoms with Crippen LogP contribution in [-0.4, -0.2) is 61.1 Å². The maximum Gasteiger partial charge on any atom is 0.147 e. The van der Waals surface area contributed by atoms with Crippen molar-refractivity contribution in [2.24, 2.45) is 0 Å². The molecule has 160 valence electrons. The molecule has 0 N–H and O–H groups in total. The Morgan fingerprint density at radius 3 is 2.52 bits per heavy atom. The van der Waals surface area contributed by atoms with Crippen LogP contribution in [0, 0.1) is 0 Å². The Kier molecular flexibility index (Phi) is 9.86. The first-order chi connectivity index (χ1) is 13.2. The summed E-state index contributed by atoms with van der Waals surface area (Å²) in [6.45, 7) is 7.03. The molecule has 1 saturated heterocycles. The molecule has 8 heteroatoms. The number of unbranched alkanes of at least 4 members (excludes halogenated alkanes) is 2. The van der Waals surface area contributed by atoms with Gasteiger partial charge in [-0.25, -0.2) is 4.98 Å². The zero-order valence-corrected chi connectivity index (χ0v) is 19.9. The molecular weight excluding hydrogens is 447 g/mol. The number of pyridine rings is 1. The van der Waals surface area contributed by atoms with Gasteiger partial charge < -0.3 is 14.7 Å². The van der Waals surface area contributed by atoms with Gasteiger partial charge in [0.2, 0.25) is 0 Å². The molecule has 0 saturated carbocycles. The molecule has 0 atom stereocenters. The van der Waals surface area contributed by atoms with Crippen molar-refractivity contribution in [2.75, 3.05) is 51.2 Å². The second-order valence-corrected chi connectivity index (χ2v) is 8.92. The minimum absolute atomic E-state index is 0. The lowest BCUT2D eigenvalue weighted by molar-refractivity contribution is 0.152. The van der Waals surface area contributed by atoms with Gasteiger partial charge >= 0.3 is 0 Å². The third kappa shape index (κ3) is 6.16. The zero-order chi connectivity index (χ0) is 18.6. The highest BCUT2D eigenvalue weighted by Gasteiger charge is 2.24. The van der Waals surface area contributed by atoms with E-state index in [4.69, 9.17) is 11.6 Å². The lowest BCUT2D eigenvalue weighted by Gasteiger charge is -2.33. The standard InChI is InChI=1S/C21H27ClN4S.2ClH/c1-24-12-14-25(15-13-24)10-3-2-4-11-26-18-16-17(22)7-8-19(18)27-20-6-5-9-23-21(20)26;;/h5-9,16H,2-4,10-15H2,1H3;2*1H. The number of aromatic nitrogens is 1. The molecule has 0 unspecified atom stereocenters. The normalized spacial score (nSPS) is 16.4. The summed E-state index contributed by atoms with van der Waals surface area (Å²) in [7, 11) is 2.21. The Morgan fingerprint density at radius 1 is 0.966 bits per heavy atom.